The number of rotatable bonds is 5. The number of fused-ring (bicyclic) bond motifs is 1. The van der Waals surface area contributed by atoms with Crippen molar-refractivity contribution in [1.82, 2.24) is 5.32 Å². The number of carbonyl (C=O) groups is 1. The summed E-state index contributed by atoms with van der Waals surface area (Å²) in [5, 5.41) is 12.8. The summed E-state index contributed by atoms with van der Waals surface area (Å²) in [5.41, 5.74) is -0.0325. The molecule has 1 aromatic heterocycles. The molecular weight excluding hydrogens is 308 g/mol. The molecule has 0 aliphatic heterocycles. The molecule has 1 aliphatic carbocycles. The van der Waals surface area contributed by atoms with Crippen LogP contribution in [0.15, 0.2) is 33.5 Å². The average Bonchev–Trinajstić information content (AvgIpc) is 3.37. The lowest BCUT2D eigenvalue weighted by atomic mass is 9.98. The molecule has 6 heteroatoms. The summed E-state index contributed by atoms with van der Waals surface area (Å²) in [6.45, 7) is 3.36. The minimum Gasteiger partial charge on any atom is -0.484 e. The lowest BCUT2D eigenvalue weighted by Gasteiger charge is -2.22. The molecule has 1 heterocycles. The van der Waals surface area contributed by atoms with Crippen molar-refractivity contribution >= 4 is 16.9 Å². The van der Waals surface area contributed by atoms with Crippen LogP contribution in [0.5, 0.6) is 5.75 Å². The zero-order valence-electron chi connectivity index (χ0n) is 13.6. The van der Waals surface area contributed by atoms with Crippen LogP contribution in [0.1, 0.15) is 25.3 Å². The van der Waals surface area contributed by atoms with Crippen molar-refractivity contribution in [3.05, 3.63) is 40.2 Å². The molecule has 6 nitrogen and oxygen atoms in total. The Morgan fingerprint density at radius 3 is 2.88 bits per heavy atom. The van der Waals surface area contributed by atoms with E-state index in [0.717, 1.165) is 23.8 Å². The Balaban J connectivity index is 1.68. The van der Waals surface area contributed by atoms with Crippen molar-refractivity contribution < 1.29 is 13.9 Å². The van der Waals surface area contributed by atoms with Crippen LogP contribution in [-0.2, 0) is 4.79 Å². The molecule has 1 fully saturated rings. The molecule has 1 aromatic carbocycles. The lowest BCUT2D eigenvalue weighted by molar-refractivity contribution is -0.124. The summed E-state index contributed by atoms with van der Waals surface area (Å²) in [7, 11) is 0. The molecule has 0 radical (unpaired) electrons. The molecule has 3 rings (SSSR count). The Morgan fingerprint density at radius 1 is 1.46 bits per heavy atom. The van der Waals surface area contributed by atoms with Gasteiger partial charge in [0.25, 0.3) is 5.91 Å². The van der Waals surface area contributed by atoms with Crippen molar-refractivity contribution in [1.29, 1.82) is 5.26 Å². The van der Waals surface area contributed by atoms with Gasteiger partial charge in [0.05, 0.1) is 6.07 Å². The summed E-state index contributed by atoms with van der Waals surface area (Å²) >= 11 is 0. The third-order valence-electron chi connectivity index (χ3n) is 4.32. The highest BCUT2D eigenvalue weighted by molar-refractivity contribution is 5.82. The van der Waals surface area contributed by atoms with E-state index in [1.807, 2.05) is 6.92 Å². The van der Waals surface area contributed by atoms with Gasteiger partial charge in [-0.25, -0.2) is 4.79 Å². The fourth-order valence-electron chi connectivity index (χ4n) is 2.75. The van der Waals surface area contributed by atoms with Crippen LogP contribution in [0.3, 0.4) is 0 Å². The SMILES string of the molecule is Cc1cc(=O)oc2cc(OCC(=O)NC(C)(C#N)C3CC3)ccc12. The van der Waals surface area contributed by atoms with E-state index in [1.54, 1.807) is 25.1 Å². The maximum absolute atomic E-state index is 12.0. The highest BCUT2D eigenvalue weighted by Gasteiger charge is 2.43. The Bertz CT molecular complexity index is 892. The molecule has 124 valence electrons. The van der Waals surface area contributed by atoms with Crippen molar-refractivity contribution in [2.24, 2.45) is 5.92 Å². The number of aryl methyl sites for hydroxylation is 1. The Morgan fingerprint density at radius 2 is 2.21 bits per heavy atom. The molecule has 0 bridgehead atoms. The van der Waals surface area contributed by atoms with E-state index in [2.05, 4.69) is 11.4 Å². The number of nitrogens with zero attached hydrogens (tertiary/aromatic N) is 1. The van der Waals surface area contributed by atoms with Crippen molar-refractivity contribution in [2.75, 3.05) is 6.61 Å². The van der Waals surface area contributed by atoms with E-state index in [0.29, 0.717) is 11.3 Å². The van der Waals surface area contributed by atoms with Crippen molar-refractivity contribution in [3.8, 4) is 11.8 Å². The van der Waals surface area contributed by atoms with Gasteiger partial charge in [-0.2, -0.15) is 5.26 Å². The zero-order valence-corrected chi connectivity index (χ0v) is 13.6. The molecule has 0 saturated heterocycles. The first-order valence-electron chi connectivity index (χ1n) is 7.81. The summed E-state index contributed by atoms with van der Waals surface area (Å²) in [5.74, 6) is 0.289. The van der Waals surface area contributed by atoms with Crippen LogP contribution in [-0.4, -0.2) is 18.1 Å². The normalized spacial score (nSPS) is 16.2. The van der Waals surface area contributed by atoms with E-state index >= 15 is 0 Å². The molecule has 1 unspecified atom stereocenters. The number of nitrogens with one attached hydrogen (secondary N) is 1. The van der Waals surface area contributed by atoms with Gasteiger partial charge in [0.2, 0.25) is 0 Å². The molecule has 1 saturated carbocycles. The van der Waals surface area contributed by atoms with Gasteiger partial charge in [-0.3, -0.25) is 4.79 Å². The van der Waals surface area contributed by atoms with Crippen molar-refractivity contribution in [2.45, 2.75) is 32.2 Å². The highest BCUT2D eigenvalue weighted by Crippen LogP contribution is 2.39. The van der Waals surface area contributed by atoms with Crippen LogP contribution in [0.25, 0.3) is 11.0 Å². The highest BCUT2D eigenvalue weighted by atomic mass is 16.5. The fourth-order valence-corrected chi connectivity index (χ4v) is 2.75. The molecular formula is C18H18N2O4. The molecule has 1 aliphatic rings. The number of ether oxygens (including phenoxy) is 1. The lowest BCUT2D eigenvalue weighted by Crippen LogP contribution is -2.48. The quantitative estimate of drug-likeness (QED) is 0.851. The van der Waals surface area contributed by atoms with Crippen LogP contribution in [0.2, 0.25) is 0 Å². The first-order valence-corrected chi connectivity index (χ1v) is 7.81. The molecule has 1 atom stereocenters. The van der Waals surface area contributed by atoms with Gasteiger partial charge >= 0.3 is 5.63 Å². The second-order valence-electron chi connectivity index (χ2n) is 6.33. The van der Waals surface area contributed by atoms with E-state index < -0.39 is 11.2 Å². The van der Waals surface area contributed by atoms with Crippen LogP contribution in [0.4, 0.5) is 0 Å². The number of nitriles is 1. The van der Waals surface area contributed by atoms with Gasteiger partial charge in [0, 0.05) is 17.5 Å². The Kier molecular flexibility index (Phi) is 4.02. The van der Waals surface area contributed by atoms with E-state index in [-0.39, 0.29) is 18.4 Å². The number of benzene rings is 1. The second-order valence-corrected chi connectivity index (χ2v) is 6.33. The summed E-state index contributed by atoms with van der Waals surface area (Å²) in [6, 6.07) is 8.68. The standard InChI is InChI=1S/C18H18N2O4/c1-11-7-17(22)24-15-8-13(5-6-14(11)15)23-9-16(21)20-18(2,10-19)12-3-4-12/h5-8,12H,3-4,9H2,1-2H3,(H,20,21). The molecule has 0 spiro atoms. The third kappa shape index (κ3) is 3.25. The predicted octanol–water partition coefficient (Wildman–Crippen LogP) is 2.29. The molecule has 1 amide bonds. The summed E-state index contributed by atoms with van der Waals surface area (Å²) in [4.78, 5) is 23.5. The smallest absolute Gasteiger partial charge is 0.336 e. The minimum atomic E-state index is -0.840. The van der Waals surface area contributed by atoms with Gasteiger partial charge < -0.3 is 14.5 Å². The third-order valence-corrected chi connectivity index (χ3v) is 4.32. The average molecular weight is 326 g/mol. The summed E-state index contributed by atoms with van der Waals surface area (Å²) in [6.07, 6.45) is 1.91. The maximum Gasteiger partial charge on any atom is 0.336 e. The van der Waals surface area contributed by atoms with Gasteiger partial charge in [-0.1, -0.05) is 0 Å². The van der Waals surface area contributed by atoms with Gasteiger partial charge in [-0.05, 0) is 50.3 Å². The minimum absolute atomic E-state index is 0.203. The van der Waals surface area contributed by atoms with E-state index in [9.17, 15) is 14.9 Å². The molecule has 1 N–H and O–H groups in total. The number of hydrogen-bond donors (Lipinski definition) is 1. The predicted molar refractivity (Wildman–Crippen MR) is 87.6 cm³/mol. The topological polar surface area (TPSA) is 92.3 Å². The number of hydrogen-bond acceptors (Lipinski definition) is 5. The molecule has 2 aromatic rings. The van der Waals surface area contributed by atoms with E-state index in [1.165, 1.54) is 6.07 Å². The monoisotopic (exact) mass is 326 g/mol. The second kappa shape index (κ2) is 6.00. The van der Waals surface area contributed by atoms with Crippen LogP contribution in [0, 0.1) is 24.2 Å². The van der Waals surface area contributed by atoms with E-state index in [4.69, 9.17) is 9.15 Å². The summed E-state index contributed by atoms with van der Waals surface area (Å²) < 4.78 is 10.6. The zero-order chi connectivity index (χ0) is 17.3. The van der Waals surface area contributed by atoms with Gasteiger partial charge in [-0.15, -0.1) is 0 Å². The first kappa shape index (κ1) is 16.1. The first-order chi connectivity index (χ1) is 11.4. The fraction of sp³-hybridized carbons (Fsp3) is 0.389. The van der Waals surface area contributed by atoms with Crippen LogP contribution >= 0.6 is 0 Å². The number of amides is 1. The number of carbonyl (C=O) groups excluding carboxylic acids is 1. The largest absolute Gasteiger partial charge is 0.484 e. The van der Waals surface area contributed by atoms with Crippen LogP contribution < -0.4 is 15.7 Å². The van der Waals surface area contributed by atoms with Gasteiger partial charge in [0.15, 0.2) is 6.61 Å². The Hall–Kier alpha value is -2.81. The maximum atomic E-state index is 12.0. The Labute approximate surface area is 139 Å². The van der Waals surface area contributed by atoms with Crippen molar-refractivity contribution in [3.63, 3.8) is 0 Å². The molecule has 24 heavy (non-hydrogen) atoms. The van der Waals surface area contributed by atoms with Gasteiger partial charge in [0.1, 0.15) is 16.9 Å².